The maximum absolute atomic E-state index is 12.1. The summed E-state index contributed by atoms with van der Waals surface area (Å²) < 4.78 is 0. The molecule has 4 rings (SSSR count). The Hall–Kier alpha value is -3.70. The number of allylic oxidation sites excluding steroid dienone is 2. The van der Waals surface area contributed by atoms with E-state index in [-0.39, 0.29) is 22.4 Å². The van der Waals surface area contributed by atoms with Crippen molar-refractivity contribution in [1.82, 2.24) is 4.98 Å². The molecule has 2 heterocycles. The van der Waals surface area contributed by atoms with Crippen molar-refractivity contribution in [3.05, 3.63) is 78.0 Å². The van der Waals surface area contributed by atoms with Gasteiger partial charge in [0.1, 0.15) is 16.5 Å². The van der Waals surface area contributed by atoms with Gasteiger partial charge in [-0.25, -0.2) is 0 Å². The second kappa shape index (κ2) is 6.97. The van der Waals surface area contributed by atoms with Gasteiger partial charge in [-0.3, -0.25) is 14.9 Å². The number of pyridine rings is 1. The molecule has 3 aromatic rings. The Bertz CT molecular complexity index is 1350. The third kappa shape index (κ3) is 3.19. The van der Waals surface area contributed by atoms with Gasteiger partial charge < -0.3 is 10.7 Å². The number of nitrogens with two attached hydrogens (primary N) is 1. The number of nitrogens with one attached hydrogen (secondary N) is 1. The second-order valence-corrected chi connectivity index (χ2v) is 8.89. The number of hydrogen-bond donors (Lipinski definition) is 2. The van der Waals surface area contributed by atoms with Crippen molar-refractivity contribution in [3.63, 3.8) is 0 Å². The first-order chi connectivity index (χ1) is 14.2. The highest BCUT2D eigenvalue weighted by molar-refractivity contribution is 7.19. The lowest BCUT2D eigenvalue weighted by Crippen LogP contribution is -2.20. The number of non-ortho nitro benzene ring substituents is 1. The number of aromatic amines is 1. The van der Waals surface area contributed by atoms with Crippen LogP contribution >= 0.6 is 11.3 Å². The Morgan fingerprint density at radius 1 is 1.30 bits per heavy atom. The molecule has 1 aliphatic rings. The van der Waals surface area contributed by atoms with E-state index in [4.69, 9.17) is 5.73 Å². The molecule has 0 saturated carbocycles. The largest absolute Gasteiger partial charge is 0.397 e. The second-order valence-electron chi connectivity index (χ2n) is 7.87. The normalized spacial score (nSPS) is 15.0. The van der Waals surface area contributed by atoms with Crippen LogP contribution in [0.3, 0.4) is 0 Å². The molecule has 0 unspecified atom stereocenters. The minimum absolute atomic E-state index is 0.0531. The van der Waals surface area contributed by atoms with Gasteiger partial charge in [0, 0.05) is 33.4 Å². The SMILES string of the molecule is CC1(C)CC(/C=C/c2ccc([N+](=O)[O-])cc2)=Cc2c1sc1[nH]c(=O)c(C#N)c(N)c21. The highest BCUT2D eigenvalue weighted by atomic mass is 32.1. The predicted molar refractivity (Wildman–Crippen MR) is 119 cm³/mol. The molecule has 7 nitrogen and oxygen atoms in total. The average molecular weight is 418 g/mol. The number of nitro groups is 1. The number of thiophene rings is 1. The summed E-state index contributed by atoms with van der Waals surface area (Å²) in [5, 5.41) is 20.8. The molecular weight excluding hydrogens is 400 g/mol. The fraction of sp³-hybridized carbons (Fsp3) is 0.182. The molecule has 0 saturated heterocycles. The summed E-state index contributed by atoms with van der Waals surface area (Å²) in [5.74, 6) is 0. The third-order valence-corrected chi connectivity index (χ3v) is 6.72. The Balaban J connectivity index is 1.81. The minimum Gasteiger partial charge on any atom is -0.397 e. The number of nitrogens with zero attached hydrogens (tertiary/aromatic N) is 2. The van der Waals surface area contributed by atoms with Crippen LogP contribution in [-0.4, -0.2) is 9.91 Å². The number of aromatic nitrogens is 1. The predicted octanol–water partition coefficient (Wildman–Crippen LogP) is 4.73. The van der Waals surface area contributed by atoms with Crippen LogP contribution in [0.2, 0.25) is 0 Å². The van der Waals surface area contributed by atoms with Gasteiger partial charge in [0.15, 0.2) is 0 Å². The summed E-state index contributed by atoms with van der Waals surface area (Å²) in [4.78, 5) is 27.1. The van der Waals surface area contributed by atoms with Gasteiger partial charge in [0.25, 0.3) is 11.2 Å². The quantitative estimate of drug-likeness (QED) is 0.470. The van der Waals surface area contributed by atoms with Crippen LogP contribution in [0.5, 0.6) is 0 Å². The fourth-order valence-corrected chi connectivity index (χ4v) is 5.10. The zero-order valence-corrected chi connectivity index (χ0v) is 17.2. The number of hydrogen-bond acceptors (Lipinski definition) is 6. The fourth-order valence-electron chi connectivity index (χ4n) is 3.81. The van der Waals surface area contributed by atoms with Crippen LogP contribution < -0.4 is 11.3 Å². The van der Waals surface area contributed by atoms with Crippen molar-refractivity contribution in [2.45, 2.75) is 25.7 Å². The molecule has 0 spiro atoms. The number of anilines is 1. The summed E-state index contributed by atoms with van der Waals surface area (Å²) in [6.07, 6.45) is 6.72. The Morgan fingerprint density at radius 3 is 2.63 bits per heavy atom. The summed E-state index contributed by atoms with van der Waals surface area (Å²) in [7, 11) is 0. The number of nitro benzene ring substituents is 1. The lowest BCUT2D eigenvalue weighted by molar-refractivity contribution is -0.384. The summed E-state index contributed by atoms with van der Waals surface area (Å²) >= 11 is 1.50. The van der Waals surface area contributed by atoms with Gasteiger partial charge in [0.2, 0.25) is 0 Å². The van der Waals surface area contributed by atoms with E-state index in [1.165, 1.54) is 23.5 Å². The maximum atomic E-state index is 12.1. The van der Waals surface area contributed by atoms with Crippen molar-refractivity contribution in [3.8, 4) is 6.07 Å². The number of rotatable bonds is 3. The standard InChI is InChI=1S/C22H18N4O3S/c1-22(2)10-13(4-3-12-5-7-14(8-6-12)26(28)29)9-15-17-18(24)16(11-23)20(27)25-21(17)30-19(15)22/h3-9H,10H2,1-2H3,(H3,24,25,27)/b4-3+. The van der Waals surface area contributed by atoms with Crippen LogP contribution in [0, 0.1) is 21.4 Å². The van der Waals surface area contributed by atoms with Crippen LogP contribution in [-0.2, 0) is 5.41 Å². The van der Waals surface area contributed by atoms with E-state index in [0.717, 1.165) is 28.0 Å². The van der Waals surface area contributed by atoms with Gasteiger partial charge in [0.05, 0.1) is 10.6 Å². The lowest BCUT2D eigenvalue weighted by Gasteiger charge is -2.29. The monoisotopic (exact) mass is 418 g/mol. The maximum Gasteiger partial charge on any atom is 0.269 e. The minimum atomic E-state index is -0.471. The van der Waals surface area contributed by atoms with E-state index in [1.807, 2.05) is 24.3 Å². The molecule has 0 radical (unpaired) electrons. The average Bonchev–Trinajstić information content (AvgIpc) is 3.06. The van der Waals surface area contributed by atoms with E-state index < -0.39 is 10.5 Å². The summed E-state index contributed by atoms with van der Waals surface area (Å²) in [6, 6.07) is 8.26. The zero-order chi connectivity index (χ0) is 21.6. The van der Waals surface area contributed by atoms with Gasteiger partial charge in [-0.1, -0.05) is 26.0 Å². The van der Waals surface area contributed by atoms with Crippen molar-refractivity contribution in [2.75, 3.05) is 5.73 Å². The highest BCUT2D eigenvalue weighted by Crippen LogP contribution is 2.47. The molecule has 0 fully saturated rings. The zero-order valence-electron chi connectivity index (χ0n) is 16.4. The highest BCUT2D eigenvalue weighted by Gasteiger charge is 2.32. The van der Waals surface area contributed by atoms with Gasteiger partial charge in [-0.2, -0.15) is 5.26 Å². The Morgan fingerprint density at radius 2 is 2.00 bits per heavy atom. The molecule has 1 aromatic carbocycles. The molecule has 8 heteroatoms. The Labute approximate surface area is 175 Å². The number of nitriles is 1. The first-order valence-electron chi connectivity index (χ1n) is 9.23. The molecule has 0 bridgehead atoms. The Kier molecular flexibility index (Phi) is 4.56. The van der Waals surface area contributed by atoms with Gasteiger partial charge >= 0.3 is 0 Å². The topological polar surface area (TPSA) is 126 Å². The molecule has 0 atom stereocenters. The van der Waals surface area contributed by atoms with Crippen LogP contribution in [0.15, 0.2) is 40.7 Å². The molecule has 30 heavy (non-hydrogen) atoms. The van der Waals surface area contributed by atoms with Crippen LogP contribution in [0.4, 0.5) is 11.4 Å². The van der Waals surface area contributed by atoms with Crippen molar-refractivity contribution >= 4 is 45.1 Å². The van der Waals surface area contributed by atoms with Crippen molar-refractivity contribution in [1.29, 1.82) is 5.26 Å². The molecular formula is C22H18N4O3S. The third-order valence-electron chi connectivity index (χ3n) is 5.23. The smallest absolute Gasteiger partial charge is 0.269 e. The van der Waals surface area contributed by atoms with E-state index in [9.17, 15) is 20.2 Å². The summed E-state index contributed by atoms with van der Waals surface area (Å²) in [6.45, 7) is 4.26. The van der Waals surface area contributed by atoms with E-state index in [1.54, 1.807) is 12.1 Å². The first-order valence-corrected chi connectivity index (χ1v) is 10.0. The summed E-state index contributed by atoms with van der Waals surface area (Å²) in [5.41, 5.74) is 8.59. The molecule has 150 valence electrons. The number of nitrogen functional groups attached to an aromatic ring is 1. The van der Waals surface area contributed by atoms with E-state index in [2.05, 4.69) is 18.8 Å². The molecule has 0 aliphatic heterocycles. The van der Waals surface area contributed by atoms with Crippen LogP contribution in [0.1, 0.15) is 41.8 Å². The number of fused-ring (bicyclic) bond motifs is 3. The lowest BCUT2D eigenvalue weighted by atomic mass is 9.77. The van der Waals surface area contributed by atoms with Gasteiger partial charge in [-0.05, 0) is 35.8 Å². The van der Waals surface area contributed by atoms with Crippen molar-refractivity contribution in [2.24, 2.45) is 0 Å². The van der Waals surface area contributed by atoms with Crippen molar-refractivity contribution < 1.29 is 4.92 Å². The molecule has 3 N–H and O–H groups in total. The van der Waals surface area contributed by atoms with E-state index >= 15 is 0 Å². The number of H-pyrrole nitrogens is 1. The number of benzene rings is 1. The van der Waals surface area contributed by atoms with Crippen LogP contribution in [0.25, 0.3) is 22.4 Å². The molecule has 0 amide bonds. The van der Waals surface area contributed by atoms with E-state index in [0.29, 0.717) is 10.2 Å². The molecule has 2 aromatic heterocycles. The van der Waals surface area contributed by atoms with Gasteiger partial charge in [-0.15, -0.1) is 11.3 Å². The first kappa shape index (κ1) is 19.6. The molecule has 1 aliphatic carbocycles.